The normalized spacial score (nSPS) is 36.2. The molecule has 4 nitrogen and oxygen atoms in total. The minimum atomic E-state index is 0.140. The lowest BCUT2D eigenvalue weighted by atomic mass is 9.88. The topological polar surface area (TPSA) is 58.2 Å². The molecule has 0 saturated heterocycles. The largest absolute Gasteiger partial charge is 0.324 e. The summed E-state index contributed by atoms with van der Waals surface area (Å²) in [5.74, 6) is 3.21. The summed E-state index contributed by atoms with van der Waals surface area (Å²) in [6, 6.07) is 5.93. The number of carbonyl (C=O) groups excluding carboxylic acids is 2. The smallest absolute Gasteiger partial charge is 0.227 e. The second-order valence-corrected chi connectivity index (χ2v) is 9.59. The van der Waals surface area contributed by atoms with E-state index in [-0.39, 0.29) is 23.7 Å². The van der Waals surface area contributed by atoms with Gasteiger partial charge in [-0.05, 0) is 86.8 Å². The molecule has 1 aromatic rings. The van der Waals surface area contributed by atoms with Gasteiger partial charge in [0.05, 0.1) is 11.4 Å². The molecule has 4 heteroatoms. The van der Waals surface area contributed by atoms with E-state index in [0.717, 1.165) is 41.6 Å². The van der Waals surface area contributed by atoms with Gasteiger partial charge in [-0.15, -0.1) is 0 Å². The van der Waals surface area contributed by atoms with Crippen LogP contribution in [-0.4, -0.2) is 11.8 Å². The van der Waals surface area contributed by atoms with Crippen molar-refractivity contribution in [3.63, 3.8) is 0 Å². The zero-order valence-electron chi connectivity index (χ0n) is 16.2. The van der Waals surface area contributed by atoms with Crippen molar-refractivity contribution in [3.8, 4) is 0 Å². The molecular weight excluding hydrogens is 336 g/mol. The first-order chi connectivity index (χ1) is 13.1. The van der Waals surface area contributed by atoms with Gasteiger partial charge in [-0.1, -0.05) is 18.9 Å². The Labute approximate surface area is 161 Å². The van der Waals surface area contributed by atoms with Crippen LogP contribution in [0.1, 0.15) is 56.9 Å². The summed E-state index contributed by atoms with van der Waals surface area (Å²) in [7, 11) is 0. The Morgan fingerprint density at radius 3 is 1.81 bits per heavy atom. The molecule has 5 rings (SSSR count). The molecule has 2 amide bonds. The summed E-state index contributed by atoms with van der Waals surface area (Å²) in [4.78, 5) is 25.8. The second kappa shape index (κ2) is 6.65. The Balaban J connectivity index is 1.30. The van der Waals surface area contributed by atoms with E-state index in [1.165, 1.54) is 38.5 Å². The third kappa shape index (κ3) is 3.17. The molecule has 1 aromatic carbocycles. The first-order valence-electron chi connectivity index (χ1n) is 10.8. The lowest BCUT2D eigenvalue weighted by molar-refractivity contribution is -0.122. The molecule has 6 atom stereocenters. The van der Waals surface area contributed by atoms with Crippen LogP contribution >= 0.6 is 0 Å². The summed E-state index contributed by atoms with van der Waals surface area (Å²) in [6.07, 6.45) is 9.51. The Morgan fingerprint density at radius 2 is 1.33 bits per heavy atom. The van der Waals surface area contributed by atoms with Crippen LogP contribution in [0.5, 0.6) is 0 Å². The highest BCUT2D eigenvalue weighted by molar-refractivity contribution is 6.01. The average molecular weight is 367 g/mol. The summed E-state index contributed by atoms with van der Waals surface area (Å²) in [5.41, 5.74) is 2.61. The van der Waals surface area contributed by atoms with Gasteiger partial charge in [0, 0.05) is 11.8 Å². The standard InChI is InChI=1S/C23H30N2O2/c1-13-2-7-20(24-22(26)18-11-14-3-5-16(18)9-14)21(8-13)25-23(27)19-12-15-4-6-17(19)10-15/h2,7-8,14-19H,3-6,9-12H2,1H3,(H,24,26)(H,25,27). The van der Waals surface area contributed by atoms with Crippen molar-refractivity contribution in [2.45, 2.75) is 58.3 Å². The van der Waals surface area contributed by atoms with Crippen LogP contribution in [0.4, 0.5) is 11.4 Å². The van der Waals surface area contributed by atoms with Crippen LogP contribution < -0.4 is 10.6 Å². The van der Waals surface area contributed by atoms with E-state index < -0.39 is 0 Å². The molecule has 4 fully saturated rings. The maximum atomic E-state index is 12.9. The lowest BCUT2D eigenvalue weighted by Gasteiger charge is -2.23. The zero-order chi connectivity index (χ0) is 18.5. The van der Waals surface area contributed by atoms with Crippen molar-refractivity contribution in [2.24, 2.45) is 35.5 Å². The Kier molecular flexibility index (Phi) is 4.25. The SMILES string of the molecule is Cc1ccc(NC(=O)C2CC3CCC2C3)c(NC(=O)C2CC3CCC2C3)c1. The van der Waals surface area contributed by atoms with E-state index in [1.807, 2.05) is 25.1 Å². The minimum absolute atomic E-state index is 0.140. The van der Waals surface area contributed by atoms with Crippen molar-refractivity contribution in [1.82, 2.24) is 0 Å². The van der Waals surface area contributed by atoms with Gasteiger partial charge in [0.25, 0.3) is 0 Å². The first-order valence-corrected chi connectivity index (χ1v) is 10.8. The van der Waals surface area contributed by atoms with E-state index in [4.69, 9.17) is 0 Å². The highest BCUT2D eigenvalue weighted by atomic mass is 16.2. The molecular formula is C23H30N2O2. The van der Waals surface area contributed by atoms with Gasteiger partial charge in [0.1, 0.15) is 0 Å². The van der Waals surface area contributed by atoms with Crippen LogP contribution in [0.25, 0.3) is 0 Å². The van der Waals surface area contributed by atoms with E-state index in [2.05, 4.69) is 10.6 Å². The highest BCUT2D eigenvalue weighted by Gasteiger charge is 2.44. The molecule has 0 radical (unpaired) electrons. The number of hydrogen-bond acceptors (Lipinski definition) is 2. The van der Waals surface area contributed by atoms with Crippen molar-refractivity contribution >= 4 is 23.2 Å². The molecule has 144 valence electrons. The predicted octanol–water partition coefficient (Wildman–Crippen LogP) is 4.74. The molecule has 4 aliphatic carbocycles. The Bertz CT molecular complexity index is 774. The molecule has 4 saturated carbocycles. The molecule has 4 bridgehead atoms. The van der Waals surface area contributed by atoms with Crippen LogP contribution in [-0.2, 0) is 9.59 Å². The van der Waals surface area contributed by atoms with E-state index in [0.29, 0.717) is 11.8 Å². The summed E-state index contributed by atoms with van der Waals surface area (Å²) in [5, 5.41) is 6.30. The summed E-state index contributed by atoms with van der Waals surface area (Å²) < 4.78 is 0. The van der Waals surface area contributed by atoms with E-state index in [1.54, 1.807) is 0 Å². The fourth-order valence-corrected chi connectivity index (χ4v) is 6.45. The van der Waals surface area contributed by atoms with E-state index >= 15 is 0 Å². The number of amides is 2. The van der Waals surface area contributed by atoms with E-state index in [9.17, 15) is 9.59 Å². The average Bonchev–Trinajstić information content (AvgIpc) is 3.44. The third-order valence-electron chi connectivity index (χ3n) is 7.84. The highest BCUT2D eigenvalue weighted by Crippen LogP contribution is 2.49. The van der Waals surface area contributed by atoms with Gasteiger partial charge in [0.2, 0.25) is 11.8 Å². The summed E-state index contributed by atoms with van der Waals surface area (Å²) in [6.45, 7) is 2.02. The van der Waals surface area contributed by atoms with Gasteiger partial charge < -0.3 is 10.6 Å². The fourth-order valence-electron chi connectivity index (χ4n) is 6.45. The first kappa shape index (κ1) is 17.3. The number of nitrogens with one attached hydrogen (secondary N) is 2. The second-order valence-electron chi connectivity index (χ2n) is 9.59. The van der Waals surface area contributed by atoms with Gasteiger partial charge in [0.15, 0.2) is 0 Å². The molecule has 0 aromatic heterocycles. The van der Waals surface area contributed by atoms with Crippen molar-refractivity contribution in [2.75, 3.05) is 10.6 Å². The number of anilines is 2. The fraction of sp³-hybridized carbons (Fsp3) is 0.652. The van der Waals surface area contributed by atoms with Crippen molar-refractivity contribution < 1.29 is 9.59 Å². The zero-order valence-corrected chi connectivity index (χ0v) is 16.2. The van der Waals surface area contributed by atoms with Gasteiger partial charge >= 0.3 is 0 Å². The molecule has 0 spiro atoms. The minimum Gasteiger partial charge on any atom is -0.324 e. The van der Waals surface area contributed by atoms with Crippen LogP contribution in [0.3, 0.4) is 0 Å². The number of carbonyl (C=O) groups is 2. The predicted molar refractivity (Wildman–Crippen MR) is 106 cm³/mol. The number of benzene rings is 1. The number of fused-ring (bicyclic) bond motifs is 4. The molecule has 2 N–H and O–H groups in total. The molecule has 6 unspecified atom stereocenters. The van der Waals surface area contributed by atoms with Crippen molar-refractivity contribution in [3.05, 3.63) is 23.8 Å². The molecule has 27 heavy (non-hydrogen) atoms. The quantitative estimate of drug-likeness (QED) is 0.808. The number of hydrogen-bond donors (Lipinski definition) is 2. The Morgan fingerprint density at radius 1 is 0.778 bits per heavy atom. The molecule has 0 heterocycles. The van der Waals surface area contributed by atoms with Gasteiger partial charge in [-0.25, -0.2) is 0 Å². The number of rotatable bonds is 4. The monoisotopic (exact) mass is 366 g/mol. The van der Waals surface area contributed by atoms with Gasteiger partial charge in [-0.3, -0.25) is 9.59 Å². The molecule has 0 aliphatic heterocycles. The van der Waals surface area contributed by atoms with Crippen LogP contribution in [0.15, 0.2) is 18.2 Å². The van der Waals surface area contributed by atoms with Crippen LogP contribution in [0.2, 0.25) is 0 Å². The maximum Gasteiger partial charge on any atom is 0.227 e. The number of aryl methyl sites for hydroxylation is 1. The van der Waals surface area contributed by atoms with Gasteiger partial charge in [-0.2, -0.15) is 0 Å². The third-order valence-corrected chi connectivity index (χ3v) is 7.84. The van der Waals surface area contributed by atoms with Crippen molar-refractivity contribution in [1.29, 1.82) is 0 Å². The molecule has 4 aliphatic rings. The lowest BCUT2D eigenvalue weighted by Crippen LogP contribution is -2.29. The Hall–Kier alpha value is -1.84. The van der Waals surface area contributed by atoms with Crippen LogP contribution in [0, 0.1) is 42.4 Å². The maximum absolute atomic E-state index is 12.9. The summed E-state index contributed by atoms with van der Waals surface area (Å²) >= 11 is 0.